The Hall–Kier alpha value is -2.74. The second-order valence-corrected chi connectivity index (χ2v) is 7.46. The number of nitrogens with two attached hydrogens (primary N) is 1. The summed E-state index contributed by atoms with van der Waals surface area (Å²) >= 11 is 1.25. The van der Waals surface area contributed by atoms with Gasteiger partial charge in [-0.1, -0.05) is 12.1 Å². The number of nitrogens with zero attached hydrogens (tertiary/aromatic N) is 3. The van der Waals surface area contributed by atoms with Crippen molar-refractivity contribution in [2.75, 3.05) is 23.7 Å². The van der Waals surface area contributed by atoms with E-state index in [1.165, 1.54) is 17.4 Å². The molecule has 0 radical (unpaired) electrons. The van der Waals surface area contributed by atoms with Crippen LogP contribution in [-0.4, -0.2) is 35.2 Å². The molecule has 0 unspecified atom stereocenters. The molecule has 1 aliphatic heterocycles. The Balaban J connectivity index is 1.49. The summed E-state index contributed by atoms with van der Waals surface area (Å²) < 4.78 is 13.8. The quantitative estimate of drug-likeness (QED) is 0.739. The molecule has 3 aromatic rings. The number of carbonyl (C=O) groups excluding carboxylic acids is 1. The predicted octanol–water partition coefficient (Wildman–Crippen LogP) is 2.65. The van der Waals surface area contributed by atoms with E-state index in [1.54, 1.807) is 18.2 Å². The molecule has 26 heavy (non-hydrogen) atoms. The van der Waals surface area contributed by atoms with Crippen LogP contribution in [0.2, 0.25) is 0 Å². The van der Waals surface area contributed by atoms with Crippen molar-refractivity contribution in [3.05, 3.63) is 46.2 Å². The lowest BCUT2D eigenvalue weighted by Crippen LogP contribution is -2.59. The molecule has 0 saturated carbocycles. The van der Waals surface area contributed by atoms with E-state index < -0.39 is 0 Å². The van der Waals surface area contributed by atoms with E-state index in [0.29, 0.717) is 34.2 Å². The minimum atomic E-state index is -0.254. The average molecular weight is 371 g/mol. The number of hydrogen-bond donors (Lipinski definition) is 2. The first kappa shape index (κ1) is 16.7. The Morgan fingerprint density at radius 3 is 2.77 bits per heavy atom. The molecule has 1 aromatic carbocycles. The molecule has 1 saturated heterocycles. The van der Waals surface area contributed by atoms with Gasteiger partial charge in [-0.15, -0.1) is 16.4 Å². The van der Waals surface area contributed by atoms with Crippen LogP contribution in [0.15, 0.2) is 24.3 Å². The molecule has 0 aliphatic carbocycles. The van der Waals surface area contributed by atoms with Crippen molar-refractivity contribution in [2.24, 2.45) is 0 Å². The number of nitrogen functional groups attached to an aromatic ring is 1. The predicted molar refractivity (Wildman–Crippen MR) is 101 cm³/mol. The molecule has 3 N–H and O–H groups in total. The van der Waals surface area contributed by atoms with Crippen molar-refractivity contribution in [2.45, 2.75) is 19.9 Å². The van der Waals surface area contributed by atoms with E-state index >= 15 is 0 Å². The standard InChI is InChI=1S/C18H18FN5OS/c1-9-10(2)22-23-18-14(9)15(20)16(26-18)17(25)21-11-7-24(8-11)13-6-4-3-5-12(13)19/h3-6,11H,7-8,20H2,1-2H3,(H,21,25). The molecule has 4 rings (SSSR count). The summed E-state index contributed by atoms with van der Waals surface area (Å²) in [5.74, 6) is -0.476. The summed E-state index contributed by atoms with van der Waals surface area (Å²) in [6.07, 6.45) is 0. The summed E-state index contributed by atoms with van der Waals surface area (Å²) in [5.41, 5.74) is 8.95. The zero-order valence-corrected chi connectivity index (χ0v) is 15.2. The minimum Gasteiger partial charge on any atom is -0.397 e. The topological polar surface area (TPSA) is 84.1 Å². The van der Waals surface area contributed by atoms with Gasteiger partial charge in [0.25, 0.3) is 5.91 Å². The van der Waals surface area contributed by atoms with Gasteiger partial charge in [-0.05, 0) is 31.5 Å². The summed E-state index contributed by atoms with van der Waals surface area (Å²) in [4.78, 5) is 15.6. The van der Waals surface area contributed by atoms with Gasteiger partial charge in [0.1, 0.15) is 15.5 Å². The molecule has 1 aliphatic rings. The van der Waals surface area contributed by atoms with E-state index in [0.717, 1.165) is 16.6 Å². The molecule has 0 spiro atoms. The second kappa shape index (κ2) is 6.21. The molecule has 1 fully saturated rings. The Labute approximate surface area is 153 Å². The highest BCUT2D eigenvalue weighted by Gasteiger charge is 2.31. The van der Waals surface area contributed by atoms with Crippen LogP contribution in [0.5, 0.6) is 0 Å². The first-order valence-electron chi connectivity index (χ1n) is 8.28. The summed E-state index contributed by atoms with van der Waals surface area (Å²) in [6, 6.07) is 6.59. The third kappa shape index (κ3) is 2.66. The lowest BCUT2D eigenvalue weighted by molar-refractivity contribution is 0.0935. The van der Waals surface area contributed by atoms with Crippen LogP contribution >= 0.6 is 11.3 Å². The number of para-hydroxylation sites is 1. The third-order valence-electron chi connectivity index (χ3n) is 4.75. The highest BCUT2D eigenvalue weighted by molar-refractivity contribution is 7.21. The van der Waals surface area contributed by atoms with Crippen molar-refractivity contribution >= 4 is 38.8 Å². The number of halogens is 1. The monoisotopic (exact) mass is 371 g/mol. The van der Waals surface area contributed by atoms with Crippen LogP contribution in [0.25, 0.3) is 10.2 Å². The summed E-state index contributed by atoms with van der Waals surface area (Å²) in [7, 11) is 0. The van der Waals surface area contributed by atoms with Crippen LogP contribution in [0.1, 0.15) is 20.9 Å². The van der Waals surface area contributed by atoms with E-state index in [2.05, 4.69) is 15.5 Å². The average Bonchev–Trinajstić information content (AvgIpc) is 2.92. The zero-order chi connectivity index (χ0) is 18.4. The largest absolute Gasteiger partial charge is 0.397 e. The van der Waals surface area contributed by atoms with Gasteiger partial charge in [0.05, 0.1) is 23.1 Å². The van der Waals surface area contributed by atoms with Crippen LogP contribution in [0.3, 0.4) is 0 Å². The fraction of sp³-hybridized carbons (Fsp3) is 0.278. The van der Waals surface area contributed by atoms with Crippen molar-refractivity contribution in [3.63, 3.8) is 0 Å². The first-order chi connectivity index (χ1) is 12.5. The van der Waals surface area contributed by atoms with Gasteiger partial charge in [-0.25, -0.2) is 4.39 Å². The van der Waals surface area contributed by atoms with Crippen molar-refractivity contribution in [1.29, 1.82) is 0 Å². The van der Waals surface area contributed by atoms with Crippen LogP contribution in [0, 0.1) is 19.7 Å². The number of amides is 1. The molecule has 134 valence electrons. The van der Waals surface area contributed by atoms with Crippen molar-refractivity contribution in [3.8, 4) is 0 Å². The number of aromatic nitrogens is 2. The van der Waals surface area contributed by atoms with Gasteiger partial charge >= 0.3 is 0 Å². The molecule has 0 bridgehead atoms. The van der Waals surface area contributed by atoms with Crippen LogP contribution < -0.4 is 16.0 Å². The SMILES string of the molecule is Cc1nnc2sc(C(=O)NC3CN(c4ccccc4F)C3)c(N)c2c1C. The number of aryl methyl sites for hydroxylation is 2. The van der Waals surface area contributed by atoms with E-state index in [9.17, 15) is 9.18 Å². The van der Waals surface area contributed by atoms with Crippen molar-refractivity contribution in [1.82, 2.24) is 15.5 Å². The Morgan fingerprint density at radius 1 is 1.31 bits per heavy atom. The summed E-state index contributed by atoms with van der Waals surface area (Å²) in [6.45, 7) is 4.92. The lowest BCUT2D eigenvalue weighted by atomic mass is 10.1. The molecular weight excluding hydrogens is 353 g/mol. The molecule has 1 amide bonds. The smallest absolute Gasteiger partial charge is 0.263 e. The number of fused-ring (bicyclic) bond motifs is 1. The van der Waals surface area contributed by atoms with Gasteiger partial charge in [0, 0.05) is 18.5 Å². The first-order valence-corrected chi connectivity index (χ1v) is 9.09. The Morgan fingerprint density at radius 2 is 2.04 bits per heavy atom. The van der Waals surface area contributed by atoms with Gasteiger partial charge in [-0.2, -0.15) is 5.10 Å². The zero-order valence-electron chi connectivity index (χ0n) is 14.4. The van der Waals surface area contributed by atoms with E-state index in [4.69, 9.17) is 5.73 Å². The second-order valence-electron chi connectivity index (χ2n) is 6.46. The number of anilines is 2. The number of rotatable bonds is 3. The molecule has 8 heteroatoms. The molecular formula is C18H18FN5OS. The lowest BCUT2D eigenvalue weighted by Gasteiger charge is -2.41. The maximum Gasteiger partial charge on any atom is 0.263 e. The fourth-order valence-corrected chi connectivity index (χ4v) is 4.14. The van der Waals surface area contributed by atoms with Crippen LogP contribution in [-0.2, 0) is 0 Å². The molecule has 3 heterocycles. The number of thiophene rings is 1. The minimum absolute atomic E-state index is 0.0411. The number of carbonyl (C=O) groups is 1. The molecule has 6 nitrogen and oxygen atoms in total. The van der Waals surface area contributed by atoms with Crippen molar-refractivity contribution < 1.29 is 9.18 Å². The van der Waals surface area contributed by atoms with Gasteiger partial charge in [-0.3, -0.25) is 4.79 Å². The summed E-state index contributed by atoms with van der Waals surface area (Å²) in [5, 5.41) is 12.0. The third-order valence-corrected chi connectivity index (χ3v) is 5.84. The maximum absolute atomic E-state index is 13.8. The van der Waals surface area contributed by atoms with Gasteiger partial charge in [0.2, 0.25) is 0 Å². The highest BCUT2D eigenvalue weighted by atomic mass is 32.1. The normalized spacial score (nSPS) is 14.5. The van der Waals surface area contributed by atoms with Gasteiger partial charge in [0.15, 0.2) is 0 Å². The highest BCUT2D eigenvalue weighted by Crippen LogP contribution is 2.35. The number of nitrogens with one attached hydrogen (secondary N) is 1. The van der Waals surface area contributed by atoms with E-state index in [1.807, 2.05) is 18.7 Å². The molecule has 0 atom stereocenters. The number of hydrogen-bond acceptors (Lipinski definition) is 6. The Bertz CT molecular complexity index is 1010. The maximum atomic E-state index is 13.8. The van der Waals surface area contributed by atoms with Gasteiger partial charge < -0.3 is 16.0 Å². The molecule has 2 aromatic heterocycles. The fourth-order valence-electron chi connectivity index (χ4n) is 3.13. The Kier molecular flexibility index (Phi) is 3.99. The number of benzene rings is 1. The van der Waals surface area contributed by atoms with Crippen LogP contribution in [0.4, 0.5) is 15.8 Å². The van der Waals surface area contributed by atoms with E-state index in [-0.39, 0.29) is 17.8 Å².